The minimum absolute atomic E-state index is 0.00621. The highest BCUT2D eigenvalue weighted by atomic mass is 19.1. The van der Waals surface area contributed by atoms with Crippen LogP contribution in [-0.4, -0.2) is 47.7 Å². The SMILES string of the molecule is COc1ccc(C(=O)N2C[C@@H](CO)[C@H](c3ccncc3)C2)cc1F. The van der Waals surface area contributed by atoms with Gasteiger partial charge in [0.05, 0.1) is 7.11 Å². The Bertz CT molecular complexity index is 723. The molecule has 1 aromatic carbocycles. The van der Waals surface area contributed by atoms with E-state index in [0.717, 1.165) is 5.56 Å². The van der Waals surface area contributed by atoms with E-state index in [1.807, 2.05) is 12.1 Å². The molecule has 3 rings (SSSR count). The monoisotopic (exact) mass is 330 g/mol. The van der Waals surface area contributed by atoms with Crippen LogP contribution in [0.4, 0.5) is 4.39 Å². The normalized spacial score (nSPS) is 20.2. The molecule has 0 radical (unpaired) electrons. The molecule has 1 saturated heterocycles. The van der Waals surface area contributed by atoms with Crippen LogP contribution in [0.2, 0.25) is 0 Å². The number of benzene rings is 1. The molecule has 1 aliphatic rings. The van der Waals surface area contributed by atoms with E-state index in [-0.39, 0.29) is 35.7 Å². The molecule has 1 amide bonds. The van der Waals surface area contributed by atoms with Gasteiger partial charge < -0.3 is 14.7 Å². The summed E-state index contributed by atoms with van der Waals surface area (Å²) in [5.41, 5.74) is 1.32. The molecule has 1 aliphatic heterocycles. The van der Waals surface area contributed by atoms with Gasteiger partial charge in [0.15, 0.2) is 11.6 Å². The number of amides is 1. The Morgan fingerprint density at radius 2 is 2.08 bits per heavy atom. The van der Waals surface area contributed by atoms with E-state index in [9.17, 15) is 14.3 Å². The van der Waals surface area contributed by atoms with Crippen LogP contribution in [0.5, 0.6) is 5.75 Å². The summed E-state index contributed by atoms with van der Waals surface area (Å²) in [6.45, 7) is 0.922. The minimum atomic E-state index is -0.563. The Morgan fingerprint density at radius 3 is 2.71 bits per heavy atom. The van der Waals surface area contributed by atoms with Crippen molar-refractivity contribution >= 4 is 5.91 Å². The van der Waals surface area contributed by atoms with E-state index in [4.69, 9.17) is 4.74 Å². The number of carbonyl (C=O) groups is 1. The predicted octanol–water partition coefficient (Wildman–Crippen LogP) is 2.08. The van der Waals surface area contributed by atoms with Crippen molar-refractivity contribution in [1.29, 1.82) is 0 Å². The van der Waals surface area contributed by atoms with Crippen LogP contribution in [0.25, 0.3) is 0 Å². The molecule has 6 heteroatoms. The number of likely N-dealkylation sites (tertiary alicyclic amines) is 1. The smallest absolute Gasteiger partial charge is 0.253 e. The lowest BCUT2D eigenvalue weighted by Crippen LogP contribution is -2.29. The molecule has 1 N–H and O–H groups in total. The van der Waals surface area contributed by atoms with Gasteiger partial charge in [-0.25, -0.2) is 4.39 Å². The first-order chi connectivity index (χ1) is 11.6. The molecular weight excluding hydrogens is 311 g/mol. The average molecular weight is 330 g/mol. The number of halogens is 1. The number of aliphatic hydroxyl groups is 1. The topological polar surface area (TPSA) is 62.7 Å². The largest absolute Gasteiger partial charge is 0.494 e. The van der Waals surface area contributed by atoms with Crippen LogP contribution in [0.15, 0.2) is 42.7 Å². The van der Waals surface area contributed by atoms with E-state index in [1.54, 1.807) is 23.4 Å². The maximum atomic E-state index is 13.8. The molecule has 0 unspecified atom stereocenters. The number of hydrogen-bond donors (Lipinski definition) is 1. The second-order valence-corrected chi connectivity index (χ2v) is 5.89. The highest BCUT2D eigenvalue weighted by Crippen LogP contribution is 2.33. The maximum Gasteiger partial charge on any atom is 0.253 e. The van der Waals surface area contributed by atoms with Gasteiger partial charge in [-0.1, -0.05) is 0 Å². The number of aromatic nitrogens is 1. The Hall–Kier alpha value is -2.47. The second-order valence-electron chi connectivity index (χ2n) is 5.89. The quantitative estimate of drug-likeness (QED) is 0.932. The van der Waals surface area contributed by atoms with E-state index >= 15 is 0 Å². The van der Waals surface area contributed by atoms with Gasteiger partial charge in [-0.3, -0.25) is 9.78 Å². The molecule has 5 nitrogen and oxygen atoms in total. The number of methoxy groups -OCH3 is 1. The summed E-state index contributed by atoms with van der Waals surface area (Å²) in [4.78, 5) is 18.3. The summed E-state index contributed by atoms with van der Waals surface area (Å²) in [5.74, 6) is -0.696. The van der Waals surface area contributed by atoms with Crippen molar-refractivity contribution in [3.8, 4) is 5.75 Å². The third-order valence-corrected chi connectivity index (χ3v) is 4.50. The average Bonchev–Trinajstić information content (AvgIpc) is 3.06. The lowest BCUT2D eigenvalue weighted by molar-refractivity contribution is 0.0780. The standard InChI is InChI=1S/C18H19FN2O3/c1-24-17-3-2-13(8-16(17)19)18(23)21-9-14(11-22)15(10-21)12-4-6-20-7-5-12/h2-8,14-15,22H,9-11H2,1H3/t14-,15-/m0/s1. The van der Waals surface area contributed by atoms with Crippen molar-refractivity contribution in [3.05, 3.63) is 59.7 Å². The summed E-state index contributed by atoms with van der Waals surface area (Å²) in [5, 5.41) is 9.65. The molecule has 0 saturated carbocycles. The van der Waals surface area contributed by atoms with Crippen LogP contribution in [-0.2, 0) is 0 Å². The number of aliphatic hydroxyl groups excluding tert-OH is 1. The van der Waals surface area contributed by atoms with Gasteiger partial charge in [-0.05, 0) is 35.9 Å². The van der Waals surface area contributed by atoms with Crippen molar-refractivity contribution in [2.24, 2.45) is 5.92 Å². The number of hydrogen-bond acceptors (Lipinski definition) is 4. The number of ether oxygens (including phenoxy) is 1. The number of carbonyl (C=O) groups excluding carboxylic acids is 1. The highest BCUT2D eigenvalue weighted by Gasteiger charge is 2.36. The first-order valence-corrected chi connectivity index (χ1v) is 7.77. The lowest BCUT2D eigenvalue weighted by atomic mass is 9.90. The zero-order valence-corrected chi connectivity index (χ0v) is 13.4. The van der Waals surface area contributed by atoms with Crippen LogP contribution in [0.1, 0.15) is 21.8 Å². The molecule has 1 aromatic heterocycles. The van der Waals surface area contributed by atoms with Crippen molar-refractivity contribution in [2.45, 2.75) is 5.92 Å². The van der Waals surface area contributed by atoms with Gasteiger partial charge in [-0.15, -0.1) is 0 Å². The Balaban J connectivity index is 1.80. The van der Waals surface area contributed by atoms with Crippen molar-refractivity contribution in [1.82, 2.24) is 9.88 Å². The molecule has 0 spiro atoms. The zero-order chi connectivity index (χ0) is 17.1. The van der Waals surface area contributed by atoms with Crippen LogP contribution < -0.4 is 4.74 Å². The fourth-order valence-electron chi connectivity index (χ4n) is 3.19. The Morgan fingerprint density at radius 1 is 1.33 bits per heavy atom. The molecule has 126 valence electrons. The van der Waals surface area contributed by atoms with E-state index in [1.165, 1.54) is 19.2 Å². The number of nitrogens with zero attached hydrogens (tertiary/aromatic N) is 2. The first kappa shape index (κ1) is 16.4. The summed E-state index contributed by atoms with van der Waals surface area (Å²) in [7, 11) is 1.38. The van der Waals surface area contributed by atoms with E-state index < -0.39 is 5.82 Å². The molecule has 0 aliphatic carbocycles. The fraction of sp³-hybridized carbons (Fsp3) is 0.333. The second kappa shape index (κ2) is 6.97. The van der Waals surface area contributed by atoms with E-state index in [0.29, 0.717) is 13.1 Å². The summed E-state index contributed by atoms with van der Waals surface area (Å²) in [6.07, 6.45) is 3.40. The molecular formula is C18H19FN2O3. The van der Waals surface area contributed by atoms with Gasteiger partial charge in [0, 0.05) is 49.5 Å². The summed E-state index contributed by atoms with van der Waals surface area (Å²) >= 11 is 0. The van der Waals surface area contributed by atoms with Crippen LogP contribution in [0.3, 0.4) is 0 Å². The van der Waals surface area contributed by atoms with Crippen molar-refractivity contribution in [3.63, 3.8) is 0 Å². The molecule has 24 heavy (non-hydrogen) atoms. The van der Waals surface area contributed by atoms with Crippen molar-refractivity contribution in [2.75, 3.05) is 26.8 Å². The third kappa shape index (κ3) is 3.10. The van der Waals surface area contributed by atoms with E-state index in [2.05, 4.69) is 4.98 Å². The van der Waals surface area contributed by atoms with Crippen molar-refractivity contribution < 1.29 is 19.0 Å². The zero-order valence-electron chi connectivity index (χ0n) is 13.4. The number of rotatable bonds is 4. The predicted molar refractivity (Wildman–Crippen MR) is 86.4 cm³/mol. The molecule has 1 fully saturated rings. The number of pyridine rings is 1. The van der Waals surface area contributed by atoms with Gasteiger partial charge in [0.2, 0.25) is 0 Å². The highest BCUT2D eigenvalue weighted by molar-refractivity contribution is 5.94. The van der Waals surface area contributed by atoms with Crippen LogP contribution in [0, 0.1) is 11.7 Å². The Labute approximate surface area is 139 Å². The van der Waals surface area contributed by atoms with Gasteiger partial charge in [-0.2, -0.15) is 0 Å². The van der Waals surface area contributed by atoms with Crippen LogP contribution >= 0.6 is 0 Å². The third-order valence-electron chi connectivity index (χ3n) is 4.50. The molecule has 2 aromatic rings. The minimum Gasteiger partial charge on any atom is -0.494 e. The van der Waals surface area contributed by atoms with Gasteiger partial charge >= 0.3 is 0 Å². The summed E-state index contributed by atoms with van der Waals surface area (Å²) in [6, 6.07) is 7.98. The molecule has 2 heterocycles. The lowest BCUT2D eigenvalue weighted by Gasteiger charge is -2.17. The first-order valence-electron chi connectivity index (χ1n) is 7.77. The maximum absolute atomic E-state index is 13.8. The van der Waals surface area contributed by atoms with Gasteiger partial charge in [0.1, 0.15) is 0 Å². The Kier molecular flexibility index (Phi) is 4.76. The van der Waals surface area contributed by atoms with Gasteiger partial charge in [0.25, 0.3) is 5.91 Å². The molecule has 0 bridgehead atoms. The molecule has 2 atom stereocenters. The fourth-order valence-corrected chi connectivity index (χ4v) is 3.19. The summed E-state index contributed by atoms with van der Waals surface area (Å²) < 4.78 is 18.7.